The number of carbonyl (C=O) groups is 2. The summed E-state index contributed by atoms with van der Waals surface area (Å²) in [5, 5.41) is 16.7. The number of amides is 1. The van der Waals surface area contributed by atoms with Gasteiger partial charge in [-0.15, -0.1) is 11.3 Å². The largest absolute Gasteiger partial charge is 0.476 e. The first-order valence-corrected chi connectivity index (χ1v) is 6.47. The monoisotopic (exact) mass is 268 g/mol. The van der Waals surface area contributed by atoms with Crippen LogP contribution in [-0.4, -0.2) is 22.0 Å². The van der Waals surface area contributed by atoms with Crippen LogP contribution in [0.25, 0.3) is 0 Å². The molecule has 2 rings (SSSR count). The fraction of sp³-hybridized carbons (Fsp3) is 0.100. The second kappa shape index (κ2) is 5.07. The fourth-order valence-electron chi connectivity index (χ4n) is 1.13. The van der Waals surface area contributed by atoms with Gasteiger partial charge < -0.3 is 10.4 Å². The lowest BCUT2D eigenvalue weighted by Crippen LogP contribution is -2.22. The van der Waals surface area contributed by atoms with Gasteiger partial charge in [0, 0.05) is 11.9 Å². The van der Waals surface area contributed by atoms with E-state index in [4.69, 9.17) is 5.11 Å². The number of hydrogen-bond acceptors (Lipinski definition) is 5. The molecule has 5 nitrogen and oxygen atoms in total. The van der Waals surface area contributed by atoms with Crippen molar-refractivity contribution in [2.75, 3.05) is 0 Å². The number of carboxylic acids is 1. The van der Waals surface area contributed by atoms with Crippen LogP contribution in [0.1, 0.15) is 25.9 Å². The Morgan fingerprint density at radius 2 is 2.24 bits per heavy atom. The van der Waals surface area contributed by atoms with E-state index < -0.39 is 5.97 Å². The van der Waals surface area contributed by atoms with E-state index in [0.29, 0.717) is 6.54 Å². The first-order chi connectivity index (χ1) is 8.16. The third kappa shape index (κ3) is 2.89. The number of aromatic nitrogens is 1. The number of hydrogen-bond donors (Lipinski definition) is 2. The molecule has 0 aromatic carbocycles. The van der Waals surface area contributed by atoms with Gasteiger partial charge in [-0.25, -0.2) is 9.78 Å². The Hall–Kier alpha value is -1.73. The highest BCUT2D eigenvalue weighted by molar-refractivity contribution is 7.11. The van der Waals surface area contributed by atoms with Crippen molar-refractivity contribution < 1.29 is 14.7 Å². The minimum absolute atomic E-state index is 0.101. The Balaban J connectivity index is 1.97. The minimum atomic E-state index is -1.13. The maximum absolute atomic E-state index is 11.6. The van der Waals surface area contributed by atoms with Gasteiger partial charge in [0.1, 0.15) is 0 Å². The topological polar surface area (TPSA) is 79.3 Å². The Morgan fingerprint density at radius 3 is 2.82 bits per heavy atom. The van der Waals surface area contributed by atoms with Crippen LogP contribution in [0.15, 0.2) is 22.2 Å². The summed E-state index contributed by atoms with van der Waals surface area (Å²) in [5.41, 5.74) is 0.911. The number of nitrogens with zero attached hydrogens (tertiary/aromatic N) is 1. The van der Waals surface area contributed by atoms with Crippen molar-refractivity contribution in [3.05, 3.63) is 38.5 Å². The smallest absolute Gasteiger partial charge is 0.355 e. The summed E-state index contributed by atoms with van der Waals surface area (Å²) in [6, 6.07) is 1.91. The highest BCUT2D eigenvalue weighted by Crippen LogP contribution is 2.10. The van der Waals surface area contributed by atoms with Gasteiger partial charge in [-0.05, 0) is 22.4 Å². The molecule has 2 heterocycles. The van der Waals surface area contributed by atoms with Crippen LogP contribution < -0.4 is 5.32 Å². The molecule has 0 saturated carbocycles. The normalized spacial score (nSPS) is 10.1. The van der Waals surface area contributed by atoms with Crippen LogP contribution in [0.4, 0.5) is 0 Å². The maximum atomic E-state index is 11.6. The van der Waals surface area contributed by atoms with Crippen LogP contribution in [0, 0.1) is 0 Å². The summed E-state index contributed by atoms with van der Waals surface area (Å²) < 4.78 is 0. The molecule has 0 aliphatic carbocycles. The highest BCUT2D eigenvalue weighted by Gasteiger charge is 2.14. The van der Waals surface area contributed by atoms with E-state index in [1.54, 1.807) is 11.3 Å². The van der Waals surface area contributed by atoms with Crippen molar-refractivity contribution in [1.82, 2.24) is 10.3 Å². The molecule has 17 heavy (non-hydrogen) atoms. The highest BCUT2D eigenvalue weighted by atomic mass is 32.1. The van der Waals surface area contributed by atoms with Gasteiger partial charge in [0.15, 0.2) is 10.7 Å². The van der Waals surface area contributed by atoms with Crippen molar-refractivity contribution in [1.29, 1.82) is 0 Å². The summed E-state index contributed by atoms with van der Waals surface area (Å²) >= 11 is 2.57. The average molecular weight is 268 g/mol. The van der Waals surface area contributed by atoms with E-state index in [2.05, 4.69) is 10.3 Å². The quantitative estimate of drug-likeness (QED) is 0.886. The van der Waals surface area contributed by atoms with Gasteiger partial charge >= 0.3 is 5.97 Å². The first-order valence-electron chi connectivity index (χ1n) is 4.65. The standard InChI is InChI=1S/C10H8N2O3S2/c13-8(11-3-6-1-2-16-4-6)9-12-7(5-17-9)10(14)15/h1-2,4-5H,3H2,(H,11,13)(H,14,15). The lowest BCUT2D eigenvalue weighted by molar-refractivity contribution is 0.0691. The molecule has 2 N–H and O–H groups in total. The molecule has 88 valence electrons. The van der Waals surface area contributed by atoms with E-state index in [1.165, 1.54) is 5.38 Å². The predicted molar refractivity (Wildman–Crippen MR) is 64.6 cm³/mol. The SMILES string of the molecule is O=C(O)c1csc(C(=O)NCc2ccsc2)n1. The number of thiophene rings is 1. The molecule has 0 unspecified atom stereocenters. The molecule has 0 bridgehead atoms. The molecule has 1 amide bonds. The van der Waals surface area contributed by atoms with Gasteiger partial charge in [-0.2, -0.15) is 11.3 Å². The lowest BCUT2D eigenvalue weighted by Gasteiger charge is -1.99. The van der Waals surface area contributed by atoms with Gasteiger partial charge in [0.05, 0.1) is 0 Å². The number of thiazole rings is 1. The fourth-order valence-corrected chi connectivity index (χ4v) is 2.50. The molecule has 0 aliphatic rings. The van der Waals surface area contributed by atoms with Crippen LogP contribution in [0.5, 0.6) is 0 Å². The molecule has 0 aliphatic heterocycles. The summed E-state index contributed by atoms with van der Waals surface area (Å²) in [6.45, 7) is 0.421. The van der Waals surface area contributed by atoms with E-state index in [1.807, 2.05) is 16.8 Å². The molecule has 2 aromatic heterocycles. The Bertz CT molecular complexity index is 534. The summed E-state index contributed by atoms with van der Waals surface area (Å²) in [4.78, 5) is 25.9. The second-order valence-corrected chi connectivity index (χ2v) is 4.80. The number of rotatable bonds is 4. The van der Waals surface area contributed by atoms with E-state index in [0.717, 1.165) is 16.9 Å². The number of aromatic carboxylic acids is 1. The molecular formula is C10H8N2O3S2. The van der Waals surface area contributed by atoms with Gasteiger partial charge in [0.25, 0.3) is 5.91 Å². The van der Waals surface area contributed by atoms with Crippen molar-refractivity contribution in [3.63, 3.8) is 0 Å². The molecule has 0 atom stereocenters. The molecular weight excluding hydrogens is 260 g/mol. The van der Waals surface area contributed by atoms with E-state index in [-0.39, 0.29) is 16.6 Å². The Morgan fingerprint density at radius 1 is 1.41 bits per heavy atom. The zero-order valence-corrected chi connectivity index (χ0v) is 10.2. The molecule has 0 spiro atoms. The van der Waals surface area contributed by atoms with Crippen LogP contribution in [0.2, 0.25) is 0 Å². The summed E-state index contributed by atoms with van der Waals surface area (Å²) in [5.74, 6) is -1.48. The van der Waals surface area contributed by atoms with Gasteiger partial charge in [-0.3, -0.25) is 4.79 Å². The van der Waals surface area contributed by atoms with Gasteiger partial charge in [0.2, 0.25) is 0 Å². The zero-order valence-electron chi connectivity index (χ0n) is 8.54. The summed E-state index contributed by atoms with van der Waals surface area (Å²) in [6.07, 6.45) is 0. The predicted octanol–water partition coefficient (Wildman–Crippen LogP) is 1.83. The Kier molecular flexibility index (Phi) is 3.50. The van der Waals surface area contributed by atoms with Crippen molar-refractivity contribution in [3.8, 4) is 0 Å². The Labute approximate surface area is 105 Å². The minimum Gasteiger partial charge on any atom is -0.476 e. The number of carboxylic acid groups (broad SMARTS) is 1. The molecule has 0 radical (unpaired) electrons. The van der Waals surface area contributed by atoms with E-state index in [9.17, 15) is 9.59 Å². The first kappa shape index (κ1) is 11.7. The van der Waals surface area contributed by atoms with Crippen molar-refractivity contribution in [2.45, 2.75) is 6.54 Å². The second-order valence-electron chi connectivity index (χ2n) is 3.16. The lowest BCUT2D eigenvalue weighted by atomic mass is 10.3. The van der Waals surface area contributed by atoms with Crippen molar-refractivity contribution >= 4 is 34.6 Å². The number of nitrogens with one attached hydrogen (secondary N) is 1. The third-order valence-corrected chi connectivity index (χ3v) is 3.52. The molecule has 7 heteroatoms. The van der Waals surface area contributed by atoms with Crippen LogP contribution in [-0.2, 0) is 6.54 Å². The van der Waals surface area contributed by atoms with Crippen LogP contribution in [0.3, 0.4) is 0 Å². The third-order valence-electron chi connectivity index (χ3n) is 1.95. The molecule has 0 saturated heterocycles. The maximum Gasteiger partial charge on any atom is 0.355 e. The molecule has 0 fully saturated rings. The molecule has 2 aromatic rings. The summed E-state index contributed by atoms with van der Waals surface area (Å²) in [7, 11) is 0. The van der Waals surface area contributed by atoms with Crippen LogP contribution >= 0.6 is 22.7 Å². The van der Waals surface area contributed by atoms with E-state index >= 15 is 0 Å². The zero-order chi connectivity index (χ0) is 12.3. The van der Waals surface area contributed by atoms with Gasteiger partial charge in [-0.1, -0.05) is 0 Å². The average Bonchev–Trinajstić information content (AvgIpc) is 2.96. The van der Waals surface area contributed by atoms with Crippen molar-refractivity contribution in [2.24, 2.45) is 0 Å². The number of carbonyl (C=O) groups excluding carboxylic acids is 1.